The molecule has 0 aliphatic carbocycles. The average Bonchev–Trinajstić information content (AvgIpc) is 2.00. The molecule has 0 radical (unpaired) electrons. The Hall–Kier alpha value is -0.370. The van der Waals surface area contributed by atoms with E-state index in [1.54, 1.807) is 0 Å². The summed E-state index contributed by atoms with van der Waals surface area (Å²) >= 11 is 0. The fourth-order valence-corrected chi connectivity index (χ4v) is 1.01. The molecule has 2 heteroatoms. The summed E-state index contributed by atoms with van der Waals surface area (Å²) in [5, 5.41) is 9.42. The smallest absolute Gasteiger partial charge is 0.120 e. The van der Waals surface area contributed by atoms with E-state index in [0.29, 0.717) is 6.42 Å². The molecule has 66 valence electrons. The van der Waals surface area contributed by atoms with Crippen molar-refractivity contribution in [2.24, 2.45) is 5.92 Å². The lowest BCUT2D eigenvalue weighted by Gasteiger charge is -2.15. The maximum Gasteiger partial charge on any atom is 0.120 e. The Labute approximate surface area is 68.6 Å². The summed E-state index contributed by atoms with van der Waals surface area (Å²) in [6.07, 6.45) is 4.03. The second kappa shape index (κ2) is 6.35. The average molecular weight is 158 g/mol. The van der Waals surface area contributed by atoms with Gasteiger partial charge in [-0.05, 0) is 12.3 Å². The molecular weight excluding hydrogens is 140 g/mol. The predicted molar refractivity (Wildman–Crippen MR) is 45.4 cm³/mol. The number of carbonyl (C=O) groups excluding carboxylic acids is 1. The highest BCUT2D eigenvalue weighted by atomic mass is 16.3. The van der Waals surface area contributed by atoms with E-state index in [2.05, 4.69) is 6.92 Å². The van der Waals surface area contributed by atoms with Crippen molar-refractivity contribution < 1.29 is 9.90 Å². The monoisotopic (exact) mass is 158 g/mol. The molecule has 2 atom stereocenters. The number of aliphatic hydroxyl groups is 1. The van der Waals surface area contributed by atoms with Crippen molar-refractivity contribution in [2.75, 3.05) is 0 Å². The molecule has 0 heterocycles. The van der Waals surface area contributed by atoms with Crippen LogP contribution in [-0.4, -0.2) is 17.5 Å². The number of unbranched alkanes of at least 4 members (excludes halogenated alkanes) is 1. The maximum atomic E-state index is 10.1. The lowest BCUT2D eigenvalue weighted by molar-refractivity contribution is -0.109. The first-order valence-electron chi connectivity index (χ1n) is 4.34. The van der Waals surface area contributed by atoms with Crippen LogP contribution < -0.4 is 0 Å². The molecule has 2 nitrogen and oxygen atoms in total. The van der Waals surface area contributed by atoms with Crippen molar-refractivity contribution in [1.29, 1.82) is 0 Å². The van der Waals surface area contributed by atoms with Crippen LogP contribution in [0.3, 0.4) is 0 Å². The van der Waals surface area contributed by atoms with E-state index in [1.165, 1.54) is 0 Å². The maximum absolute atomic E-state index is 10.1. The Morgan fingerprint density at radius 2 is 2.18 bits per heavy atom. The number of hydrogen-bond donors (Lipinski definition) is 1. The predicted octanol–water partition coefficient (Wildman–Crippen LogP) is 1.76. The molecule has 0 unspecified atom stereocenters. The Balaban J connectivity index is 3.45. The first-order chi connectivity index (χ1) is 5.22. The summed E-state index contributed by atoms with van der Waals surface area (Å²) in [6, 6.07) is 0. The Kier molecular flexibility index (Phi) is 6.13. The van der Waals surface area contributed by atoms with Gasteiger partial charge in [-0.1, -0.05) is 26.7 Å². The second-order valence-corrected chi connectivity index (χ2v) is 3.09. The van der Waals surface area contributed by atoms with Crippen molar-refractivity contribution in [2.45, 2.75) is 45.6 Å². The third-order valence-corrected chi connectivity index (χ3v) is 1.98. The van der Waals surface area contributed by atoms with Crippen molar-refractivity contribution in [3.63, 3.8) is 0 Å². The fourth-order valence-electron chi connectivity index (χ4n) is 1.01. The van der Waals surface area contributed by atoms with Gasteiger partial charge in [0, 0.05) is 6.42 Å². The van der Waals surface area contributed by atoms with Crippen LogP contribution in [0.5, 0.6) is 0 Å². The molecule has 0 aromatic rings. The third-order valence-electron chi connectivity index (χ3n) is 1.98. The quantitative estimate of drug-likeness (QED) is 0.598. The lowest BCUT2D eigenvalue weighted by atomic mass is 9.97. The number of hydrogen-bond acceptors (Lipinski definition) is 2. The molecule has 0 amide bonds. The van der Waals surface area contributed by atoms with Crippen molar-refractivity contribution in [1.82, 2.24) is 0 Å². The second-order valence-electron chi connectivity index (χ2n) is 3.09. The minimum absolute atomic E-state index is 0.124. The van der Waals surface area contributed by atoms with Gasteiger partial charge in [-0.2, -0.15) is 0 Å². The molecule has 0 saturated carbocycles. The van der Waals surface area contributed by atoms with Gasteiger partial charge in [-0.25, -0.2) is 0 Å². The van der Waals surface area contributed by atoms with Gasteiger partial charge in [0.05, 0.1) is 6.10 Å². The van der Waals surface area contributed by atoms with Gasteiger partial charge in [-0.15, -0.1) is 0 Å². The highest BCUT2D eigenvalue weighted by Gasteiger charge is 2.12. The lowest BCUT2D eigenvalue weighted by Crippen LogP contribution is -2.17. The van der Waals surface area contributed by atoms with Gasteiger partial charge >= 0.3 is 0 Å². The molecule has 0 aromatic heterocycles. The van der Waals surface area contributed by atoms with Crippen molar-refractivity contribution >= 4 is 6.29 Å². The van der Waals surface area contributed by atoms with E-state index in [9.17, 15) is 9.90 Å². The Morgan fingerprint density at radius 1 is 1.55 bits per heavy atom. The molecule has 0 rings (SSSR count). The fraction of sp³-hybridized carbons (Fsp3) is 0.889. The minimum atomic E-state index is -0.292. The highest BCUT2D eigenvalue weighted by molar-refractivity contribution is 5.49. The van der Waals surface area contributed by atoms with Gasteiger partial charge in [0.1, 0.15) is 6.29 Å². The zero-order valence-electron chi connectivity index (χ0n) is 7.42. The Bertz CT molecular complexity index is 102. The largest absolute Gasteiger partial charge is 0.393 e. The molecule has 0 aromatic carbocycles. The molecule has 0 spiro atoms. The van der Waals surface area contributed by atoms with Crippen LogP contribution >= 0.6 is 0 Å². The molecule has 0 aliphatic heterocycles. The molecule has 0 aliphatic rings. The standard InChI is InChI=1S/C9H18O2/c1-3-4-5-9(11)8(2)6-7-10/h7-9,11H,3-6H2,1-2H3/t8-,9+/m0/s1. The van der Waals surface area contributed by atoms with E-state index in [-0.39, 0.29) is 12.0 Å². The zero-order chi connectivity index (χ0) is 8.69. The Morgan fingerprint density at radius 3 is 2.64 bits per heavy atom. The van der Waals surface area contributed by atoms with Gasteiger partial charge in [0.15, 0.2) is 0 Å². The topological polar surface area (TPSA) is 37.3 Å². The van der Waals surface area contributed by atoms with E-state index in [4.69, 9.17) is 0 Å². The van der Waals surface area contributed by atoms with E-state index in [0.717, 1.165) is 25.5 Å². The first-order valence-corrected chi connectivity index (χ1v) is 4.34. The third kappa shape index (κ3) is 4.96. The van der Waals surface area contributed by atoms with Crippen molar-refractivity contribution in [3.8, 4) is 0 Å². The molecular formula is C9H18O2. The van der Waals surface area contributed by atoms with Crippen LogP contribution in [0.2, 0.25) is 0 Å². The summed E-state index contributed by atoms with van der Waals surface area (Å²) < 4.78 is 0. The van der Waals surface area contributed by atoms with E-state index < -0.39 is 0 Å². The van der Waals surface area contributed by atoms with Crippen LogP contribution in [-0.2, 0) is 4.79 Å². The summed E-state index contributed by atoms with van der Waals surface area (Å²) in [6.45, 7) is 4.01. The summed E-state index contributed by atoms with van der Waals surface area (Å²) in [7, 11) is 0. The molecule has 0 saturated heterocycles. The summed E-state index contributed by atoms with van der Waals surface area (Å²) in [5.74, 6) is 0.124. The summed E-state index contributed by atoms with van der Waals surface area (Å²) in [4.78, 5) is 10.1. The molecule has 0 bridgehead atoms. The van der Waals surface area contributed by atoms with E-state index >= 15 is 0 Å². The first kappa shape index (κ1) is 10.6. The highest BCUT2D eigenvalue weighted by Crippen LogP contribution is 2.12. The normalized spacial score (nSPS) is 15.9. The minimum Gasteiger partial charge on any atom is -0.393 e. The van der Waals surface area contributed by atoms with E-state index in [1.807, 2.05) is 6.92 Å². The molecule has 11 heavy (non-hydrogen) atoms. The van der Waals surface area contributed by atoms with Crippen LogP contribution in [0.15, 0.2) is 0 Å². The van der Waals surface area contributed by atoms with Crippen LogP contribution in [0.1, 0.15) is 39.5 Å². The van der Waals surface area contributed by atoms with Gasteiger partial charge in [0.2, 0.25) is 0 Å². The SMILES string of the molecule is CCCC[C@@H](O)[C@@H](C)CC=O. The van der Waals surface area contributed by atoms with Crippen LogP contribution in [0.4, 0.5) is 0 Å². The number of rotatable bonds is 6. The number of aldehydes is 1. The van der Waals surface area contributed by atoms with Crippen LogP contribution in [0, 0.1) is 5.92 Å². The van der Waals surface area contributed by atoms with Gasteiger partial charge < -0.3 is 9.90 Å². The molecule has 0 fully saturated rings. The van der Waals surface area contributed by atoms with Crippen molar-refractivity contribution in [3.05, 3.63) is 0 Å². The zero-order valence-corrected chi connectivity index (χ0v) is 7.42. The van der Waals surface area contributed by atoms with Gasteiger partial charge in [-0.3, -0.25) is 0 Å². The number of aliphatic hydroxyl groups excluding tert-OH is 1. The number of carbonyl (C=O) groups is 1. The van der Waals surface area contributed by atoms with Crippen LogP contribution in [0.25, 0.3) is 0 Å². The summed E-state index contributed by atoms with van der Waals surface area (Å²) in [5.41, 5.74) is 0. The van der Waals surface area contributed by atoms with Gasteiger partial charge in [0.25, 0.3) is 0 Å². The molecule has 1 N–H and O–H groups in total.